The van der Waals surface area contributed by atoms with E-state index in [-0.39, 0.29) is 5.92 Å². The summed E-state index contributed by atoms with van der Waals surface area (Å²) >= 11 is 0. The minimum absolute atomic E-state index is 0.103. The highest BCUT2D eigenvalue weighted by molar-refractivity contribution is 5.71. The fourth-order valence-corrected chi connectivity index (χ4v) is 2.73. The van der Waals surface area contributed by atoms with Crippen LogP contribution in [0, 0.1) is 5.92 Å². The average Bonchev–Trinajstić information content (AvgIpc) is 2.32. The van der Waals surface area contributed by atoms with Crippen LogP contribution >= 0.6 is 0 Å². The molecule has 2 aliphatic heterocycles. The molecule has 68 valence electrons. The lowest BCUT2D eigenvalue weighted by molar-refractivity contribution is -0.145. The largest absolute Gasteiger partial charge is 0.481 e. The number of fused-ring (bicyclic) bond motifs is 2. The number of aliphatic carboxylic acids is 1. The van der Waals surface area contributed by atoms with Crippen molar-refractivity contribution in [3.63, 3.8) is 0 Å². The topological polar surface area (TPSA) is 40.5 Å². The van der Waals surface area contributed by atoms with Crippen molar-refractivity contribution in [2.45, 2.75) is 37.8 Å². The van der Waals surface area contributed by atoms with Gasteiger partial charge in [-0.15, -0.1) is 0 Å². The molecule has 0 amide bonds. The number of rotatable bonds is 1. The molecule has 2 bridgehead atoms. The number of carboxylic acid groups (broad SMARTS) is 1. The molecule has 1 unspecified atom stereocenters. The van der Waals surface area contributed by atoms with Crippen LogP contribution in [0.4, 0.5) is 0 Å². The second-order valence-electron chi connectivity index (χ2n) is 3.99. The Bertz CT molecular complexity index is 205. The monoisotopic (exact) mass is 169 g/mol. The molecule has 0 saturated carbocycles. The predicted molar refractivity (Wildman–Crippen MR) is 44.9 cm³/mol. The van der Waals surface area contributed by atoms with Gasteiger partial charge < -0.3 is 5.11 Å². The maximum absolute atomic E-state index is 10.9. The third-order valence-electron chi connectivity index (χ3n) is 3.49. The zero-order valence-corrected chi connectivity index (χ0v) is 7.36. The molecule has 2 heterocycles. The van der Waals surface area contributed by atoms with Crippen molar-refractivity contribution in [2.24, 2.45) is 5.92 Å². The van der Waals surface area contributed by atoms with E-state index in [9.17, 15) is 4.79 Å². The molecule has 3 nitrogen and oxygen atoms in total. The standard InChI is InChI=1S/C9H15NO2/c1-10-6-2-4-7(9(11)12)8(10)5-3-6/h6-8H,2-5H2,1H3,(H,11,12)/t6-,7?,8-/m1/s1. The summed E-state index contributed by atoms with van der Waals surface area (Å²) in [7, 11) is 2.07. The van der Waals surface area contributed by atoms with Gasteiger partial charge in [-0.25, -0.2) is 0 Å². The van der Waals surface area contributed by atoms with Gasteiger partial charge in [0, 0.05) is 12.1 Å². The van der Waals surface area contributed by atoms with Gasteiger partial charge in [0.1, 0.15) is 0 Å². The van der Waals surface area contributed by atoms with Crippen LogP contribution in [-0.2, 0) is 4.79 Å². The van der Waals surface area contributed by atoms with E-state index in [4.69, 9.17) is 5.11 Å². The van der Waals surface area contributed by atoms with E-state index in [0.29, 0.717) is 12.1 Å². The van der Waals surface area contributed by atoms with Gasteiger partial charge in [0.25, 0.3) is 0 Å². The average molecular weight is 169 g/mol. The van der Waals surface area contributed by atoms with Gasteiger partial charge in [0.15, 0.2) is 0 Å². The first-order valence-corrected chi connectivity index (χ1v) is 4.65. The van der Waals surface area contributed by atoms with Gasteiger partial charge >= 0.3 is 5.97 Å². The van der Waals surface area contributed by atoms with Crippen LogP contribution in [0.3, 0.4) is 0 Å². The Morgan fingerprint density at radius 1 is 1.33 bits per heavy atom. The lowest BCUT2D eigenvalue weighted by Crippen LogP contribution is -2.44. The fraction of sp³-hybridized carbons (Fsp3) is 0.889. The summed E-state index contributed by atoms with van der Waals surface area (Å²) in [5, 5.41) is 8.95. The maximum atomic E-state index is 10.9. The van der Waals surface area contributed by atoms with Crippen LogP contribution in [0.2, 0.25) is 0 Å². The van der Waals surface area contributed by atoms with E-state index in [1.807, 2.05) is 0 Å². The van der Waals surface area contributed by atoms with E-state index < -0.39 is 5.97 Å². The number of hydrogen-bond acceptors (Lipinski definition) is 2. The van der Waals surface area contributed by atoms with Crippen molar-refractivity contribution in [3.8, 4) is 0 Å². The highest BCUT2D eigenvalue weighted by Crippen LogP contribution is 2.37. The van der Waals surface area contributed by atoms with E-state index in [1.54, 1.807) is 0 Å². The van der Waals surface area contributed by atoms with Crippen LogP contribution < -0.4 is 0 Å². The summed E-state index contributed by atoms with van der Waals surface area (Å²) in [5.74, 6) is -0.707. The Morgan fingerprint density at radius 2 is 2.00 bits per heavy atom. The van der Waals surface area contributed by atoms with Crippen molar-refractivity contribution in [2.75, 3.05) is 7.05 Å². The van der Waals surface area contributed by atoms with Gasteiger partial charge in [-0.1, -0.05) is 0 Å². The van der Waals surface area contributed by atoms with Crippen LogP contribution in [0.15, 0.2) is 0 Å². The van der Waals surface area contributed by atoms with Crippen LogP contribution in [-0.4, -0.2) is 35.1 Å². The zero-order valence-electron chi connectivity index (χ0n) is 7.36. The maximum Gasteiger partial charge on any atom is 0.308 e. The third-order valence-corrected chi connectivity index (χ3v) is 3.49. The molecule has 2 rings (SSSR count). The lowest BCUT2D eigenvalue weighted by Gasteiger charge is -2.35. The van der Waals surface area contributed by atoms with Crippen LogP contribution in [0.5, 0.6) is 0 Å². The molecule has 0 aromatic heterocycles. The van der Waals surface area contributed by atoms with Gasteiger partial charge in [-0.3, -0.25) is 9.69 Å². The summed E-state index contributed by atoms with van der Waals surface area (Å²) in [6, 6.07) is 0.992. The SMILES string of the molecule is CN1[C@@H]2CCC(C(=O)O)[C@H]1CC2. The van der Waals surface area contributed by atoms with Crippen molar-refractivity contribution >= 4 is 5.97 Å². The van der Waals surface area contributed by atoms with Gasteiger partial charge in [0.05, 0.1) is 5.92 Å². The molecule has 0 radical (unpaired) electrons. The van der Waals surface area contributed by atoms with Crippen LogP contribution in [0.1, 0.15) is 25.7 Å². The van der Waals surface area contributed by atoms with Crippen molar-refractivity contribution in [1.82, 2.24) is 4.90 Å². The summed E-state index contributed by atoms with van der Waals surface area (Å²) in [5.41, 5.74) is 0. The lowest BCUT2D eigenvalue weighted by atomic mass is 9.91. The Labute approximate surface area is 72.4 Å². The summed E-state index contributed by atoms with van der Waals surface area (Å²) in [6.45, 7) is 0. The molecule has 2 fully saturated rings. The van der Waals surface area contributed by atoms with E-state index in [1.165, 1.54) is 6.42 Å². The molecule has 3 heteroatoms. The molecular formula is C9H15NO2. The second kappa shape index (κ2) is 2.73. The molecule has 0 aromatic rings. The fourth-order valence-electron chi connectivity index (χ4n) is 2.73. The minimum Gasteiger partial charge on any atom is -0.481 e. The molecular weight excluding hydrogens is 154 g/mol. The Kier molecular flexibility index (Phi) is 1.83. The zero-order chi connectivity index (χ0) is 8.72. The van der Waals surface area contributed by atoms with Crippen LogP contribution in [0.25, 0.3) is 0 Å². The highest BCUT2D eigenvalue weighted by Gasteiger charge is 2.42. The first kappa shape index (κ1) is 8.05. The van der Waals surface area contributed by atoms with E-state index in [2.05, 4.69) is 11.9 Å². The first-order chi connectivity index (χ1) is 5.70. The predicted octanol–water partition coefficient (Wildman–Crippen LogP) is 0.944. The summed E-state index contributed by atoms with van der Waals surface area (Å²) in [4.78, 5) is 13.1. The molecule has 3 atom stereocenters. The van der Waals surface area contributed by atoms with Gasteiger partial charge in [-0.2, -0.15) is 0 Å². The normalized spacial score (nSPS) is 41.6. The van der Waals surface area contributed by atoms with E-state index in [0.717, 1.165) is 19.3 Å². The number of hydrogen-bond donors (Lipinski definition) is 1. The molecule has 1 N–H and O–H groups in total. The quantitative estimate of drug-likeness (QED) is 0.635. The second-order valence-corrected chi connectivity index (χ2v) is 3.99. The molecule has 2 aliphatic rings. The molecule has 12 heavy (non-hydrogen) atoms. The third kappa shape index (κ3) is 1.04. The summed E-state index contributed by atoms with van der Waals surface area (Å²) < 4.78 is 0. The molecule has 0 aliphatic carbocycles. The van der Waals surface area contributed by atoms with E-state index >= 15 is 0 Å². The Balaban J connectivity index is 2.14. The number of carbonyl (C=O) groups is 1. The van der Waals surface area contributed by atoms with Gasteiger partial charge in [-0.05, 0) is 32.7 Å². The van der Waals surface area contributed by atoms with Crippen molar-refractivity contribution < 1.29 is 9.90 Å². The minimum atomic E-state index is -0.604. The highest BCUT2D eigenvalue weighted by atomic mass is 16.4. The van der Waals surface area contributed by atoms with Crippen molar-refractivity contribution in [1.29, 1.82) is 0 Å². The number of nitrogens with zero attached hydrogens (tertiary/aromatic N) is 1. The first-order valence-electron chi connectivity index (χ1n) is 4.65. The molecule has 0 aromatic carbocycles. The van der Waals surface area contributed by atoms with Crippen molar-refractivity contribution in [3.05, 3.63) is 0 Å². The number of piperidine rings is 1. The number of carboxylic acids is 1. The summed E-state index contributed by atoms with van der Waals surface area (Å²) in [6.07, 6.45) is 4.24. The van der Waals surface area contributed by atoms with Gasteiger partial charge in [0.2, 0.25) is 0 Å². The Morgan fingerprint density at radius 3 is 2.67 bits per heavy atom. The Hall–Kier alpha value is -0.570. The molecule has 0 spiro atoms. The smallest absolute Gasteiger partial charge is 0.308 e. The molecule has 2 saturated heterocycles.